The number of rotatable bonds is 9. The van der Waals surface area contributed by atoms with E-state index in [2.05, 4.69) is 32.7 Å². The van der Waals surface area contributed by atoms with Crippen LogP contribution >= 0.6 is 24.8 Å². The molecule has 38 heavy (non-hydrogen) atoms. The number of methoxy groups -OCH3 is 1. The minimum atomic E-state index is -3.81. The molecule has 202 valence electrons. The standard InChI is InChI=1S/C26H26N4O5S.2ClH/c1-34-23-13-19(24-20(15-29-26(24)31)25(23)35-36(2,32)33)22-12-18-11-17(3-4-21(18)30-22)14-28-10-7-16-5-8-27-9-6-16;;/h3-6,8-9,11-13,28,30H,7,10,14-15H2,1-2H3,(H,29,31);2*1H. The second-order valence-corrected chi connectivity index (χ2v) is 10.2. The number of aromatic amines is 1. The number of carbonyl (C=O) groups excluding carboxylic acids is 1. The number of amides is 1. The molecule has 0 radical (unpaired) electrons. The summed E-state index contributed by atoms with van der Waals surface area (Å²) in [6, 6.07) is 13.8. The molecule has 4 aromatic rings. The Kier molecular flexibility index (Phi) is 9.26. The van der Waals surface area contributed by atoms with Crippen molar-refractivity contribution < 1.29 is 22.1 Å². The summed E-state index contributed by atoms with van der Waals surface area (Å²) >= 11 is 0. The maximum atomic E-state index is 12.7. The van der Waals surface area contributed by atoms with E-state index in [1.807, 2.05) is 24.3 Å². The van der Waals surface area contributed by atoms with E-state index in [0.717, 1.165) is 47.9 Å². The number of nitrogens with zero attached hydrogens (tertiary/aromatic N) is 1. The van der Waals surface area contributed by atoms with Gasteiger partial charge >= 0.3 is 10.1 Å². The summed E-state index contributed by atoms with van der Waals surface area (Å²) in [5, 5.41) is 7.23. The number of H-pyrrole nitrogens is 1. The second-order valence-electron chi connectivity index (χ2n) is 8.67. The van der Waals surface area contributed by atoms with Crippen LogP contribution in [0.2, 0.25) is 0 Å². The first-order chi connectivity index (χ1) is 17.3. The summed E-state index contributed by atoms with van der Waals surface area (Å²) in [5.41, 5.74) is 5.48. The SMILES string of the molecule is COc1cc(-c2cc3cc(CNCCc4ccncc4)ccc3[nH]2)c2c(c1OS(C)(=O)=O)CNC2=O.Cl.Cl. The van der Waals surface area contributed by atoms with E-state index in [4.69, 9.17) is 8.92 Å². The van der Waals surface area contributed by atoms with Gasteiger partial charge in [-0.2, -0.15) is 8.42 Å². The summed E-state index contributed by atoms with van der Waals surface area (Å²) in [4.78, 5) is 20.1. The van der Waals surface area contributed by atoms with Gasteiger partial charge < -0.3 is 24.5 Å². The minimum absolute atomic E-state index is 0. The fourth-order valence-electron chi connectivity index (χ4n) is 4.44. The zero-order valence-electron chi connectivity index (χ0n) is 20.7. The number of halogens is 2. The van der Waals surface area contributed by atoms with Crippen molar-refractivity contribution >= 4 is 51.7 Å². The van der Waals surface area contributed by atoms with Crippen LogP contribution in [0.4, 0.5) is 0 Å². The maximum Gasteiger partial charge on any atom is 0.306 e. The van der Waals surface area contributed by atoms with Crippen LogP contribution in [0.25, 0.3) is 22.2 Å². The normalized spacial score (nSPS) is 12.3. The Morgan fingerprint density at radius 3 is 2.53 bits per heavy atom. The predicted octanol–water partition coefficient (Wildman–Crippen LogP) is 4.00. The third kappa shape index (κ3) is 6.21. The number of ether oxygens (including phenoxy) is 1. The van der Waals surface area contributed by atoms with Crippen LogP contribution in [-0.2, 0) is 29.6 Å². The molecular weight excluding hydrogens is 551 g/mol. The number of aromatic nitrogens is 2. The zero-order chi connectivity index (χ0) is 25.3. The Balaban J connectivity index is 0.00000200. The summed E-state index contributed by atoms with van der Waals surface area (Å²) in [6.07, 6.45) is 5.48. The number of nitrogens with one attached hydrogen (secondary N) is 3. The van der Waals surface area contributed by atoms with Crippen molar-refractivity contribution in [2.24, 2.45) is 0 Å². The molecule has 1 aliphatic rings. The number of fused-ring (bicyclic) bond motifs is 2. The first-order valence-electron chi connectivity index (χ1n) is 11.5. The van der Waals surface area contributed by atoms with Crippen molar-refractivity contribution in [3.8, 4) is 22.8 Å². The van der Waals surface area contributed by atoms with E-state index in [-0.39, 0.29) is 48.8 Å². The van der Waals surface area contributed by atoms with Crippen LogP contribution in [0.3, 0.4) is 0 Å². The fourth-order valence-corrected chi connectivity index (χ4v) is 4.92. The highest BCUT2D eigenvalue weighted by Crippen LogP contribution is 2.43. The van der Waals surface area contributed by atoms with Crippen molar-refractivity contribution in [2.75, 3.05) is 19.9 Å². The Morgan fingerprint density at radius 1 is 1.05 bits per heavy atom. The predicted molar refractivity (Wildman–Crippen MR) is 151 cm³/mol. The van der Waals surface area contributed by atoms with E-state index in [9.17, 15) is 13.2 Å². The minimum Gasteiger partial charge on any atom is -0.493 e. The Hall–Kier alpha value is -3.31. The molecule has 2 aromatic heterocycles. The highest BCUT2D eigenvalue weighted by molar-refractivity contribution is 7.86. The van der Waals surface area contributed by atoms with Crippen LogP contribution in [0.5, 0.6) is 11.5 Å². The quantitative estimate of drug-likeness (QED) is 0.203. The number of hydrogen-bond acceptors (Lipinski definition) is 7. The van der Waals surface area contributed by atoms with Crippen LogP contribution in [0.15, 0.2) is 54.9 Å². The average molecular weight is 580 g/mol. The van der Waals surface area contributed by atoms with Gasteiger partial charge in [0, 0.05) is 53.2 Å². The molecule has 3 N–H and O–H groups in total. The topological polar surface area (TPSA) is 122 Å². The van der Waals surface area contributed by atoms with Crippen LogP contribution < -0.4 is 19.6 Å². The molecule has 0 atom stereocenters. The van der Waals surface area contributed by atoms with Crippen molar-refractivity contribution in [1.29, 1.82) is 0 Å². The molecule has 0 unspecified atom stereocenters. The molecule has 12 heteroatoms. The molecule has 5 rings (SSSR count). The number of carbonyl (C=O) groups is 1. The Labute approximate surface area is 233 Å². The van der Waals surface area contributed by atoms with Crippen molar-refractivity contribution in [3.63, 3.8) is 0 Å². The molecular formula is C26H28Cl2N4O5S. The summed E-state index contributed by atoms with van der Waals surface area (Å²) < 4.78 is 34.3. The van der Waals surface area contributed by atoms with Crippen molar-refractivity contribution in [3.05, 3.63) is 77.1 Å². The average Bonchev–Trinajstić information content (AvgIpc) is 3.45. The number of pyridine rings is 1. The van der Waals surface area contributed by atoms with Gasteiger partial charge in [0.2, 0.25) is 0 Å². The van der Waals surface area contributed by atoms with Gasteiger partial charge in [-0.15, -0.1) is 24.8 Å². The smallest absolute Gasteiger partial charge is 0.306 e. The van der Waals surface area contributed by atoms with E-state index >= 15 is 0 Å². The van der Waals surface area contributed by atoms with Gasteiger partial charge in [0.1, 0.15) is 0 Å². The maximum absolute atomic E-state index is 12.7. The molecule has 2 aromatic carbocycles. The van der Waals surface area contributed by atoms with Gasteiger partial charge in [-0.1, -0.05) is 6.07 Å². The molecule has 0 fully saturated rings. The Morgan fingerprint density at radius 2 is 1.82 bits per heavy atom. The van der Waals surface area contributed by atoms with E-state index in [0.29, 0.717) is 16.7 Å². The lowest BCUT2D eigenvalue weighted by Gasteiger charge is -2.15. The van der Waals surface area contributed by atoms with E-state index in [1.54, 1.807) is 18.5 Å². The third-order valence-corrected chi connectivity index (χ3v) is 6.57. The fraction of sp³-hybridized carbons (Fsp3) is 0.231. The second kappa shape index (κ2) is 12.0. The summed E-state index contributed by atoms with van der Waals surface area (Å²) in [6.45, 7) is 1.73. The zero-order valence-corrected chi connectivity index (χ0v) is 23.2. The van der Waals surface area contributed by atoms with Gasteiger partial charge in [0.15, 0.2) is 11.5 Å². The molecule has 3 heterocycles. The monoisotopic (exact) mass is 578 g/mol. The number of hydrogen-bond donors (Lipinski definition) is 3. The van der Waals surface area contributed by atoms with Gasteiger partial charge in [-0.25, -0.2) is 0 Å². The molecule has 9 nitrogen and oxygen atoms in total. The van der Waals surface area contributed by atoms with Gasteiger partial charge in [0.05, 0.1) is 18.9 Å². The summed E-state index contributed by atoms with van der Waals surface area (Å²) in [5.74, 6) is -0.0181. The van der Waals surface area contributed by atoms with Crippen LogP contribution in [-0.4, -0.2) is 44.2 Å². The van der Waals surface area contributed by atoms with Gasteiger partial charge in [0.25, 0.3) is 5.91 Å². The van der Waals surface area contributed by atoms with E-state index in [1.165, 1.54) is 12.7 Å². The lowest BCUT2D eigenvalue weighted by molar-refractivity contribution is 0.0966. The molecule has 1 amide bonds. The first kappa shape index (κ1) is 29.2. The van der Waals surface area contributed by atoms with Crippen molar-refractivity contribution in [1.82, 2.24) is 20.6 Å². The van der Waals surface area contributed by atoms with Gasteiger partial charge in [-0.3, -0.25) is 9.78 Å². The highest BCUT2D eigenvalue weighted by Gasteiger charge is 2.31. The van der Waals surface area contributed by atoms with Crippen molar-refractivity contribution in [2.45, 2.75) is 19.5 Å². The highest BCUT2D eigenvalue weighted by atomic mass is 35.5. The molecule has 0 aliphatic carbocycles. The lowest BCUT2D eigenvalue weighted by atomic mass is 9.98. The summed E-state index contributed by atoms with van der Waals surface area (Å²) in [7, 11) is -2.38. The largest absolute Gasteiger partial charge is 0.493 e. The lowest BCUT2D eigenvalue weighted by Crippen LogP contribution is -2.16. The van der Waals surface area contributed by atoms with E-state index < -0.39 is 10.1 Å². The Bertz CT molecular complexity index is 1560. The third-order valence-electron chi connectivity index (χ3n) is 6.10. The number of benzene rings is 2. The molecule has 0 saturated heterocycles. The molecule has 0 bridgehead atoms. The molecule has 0 spiro atoms. The molecule has 0 saturated carbocycles. The van der Waals surface area contributed by atoms with Crippen LogP contribution in [0, 0.1) is 0 Å². The first-order valence-corrected chi connectivity index (χ1v) is 13.3. The van der Waals surface area contributed by atoms with Gasteiger partial charge in [-0.05, 0) is 60.5 Å². The molecule has 1 aliphatic heterocycles. The van der Waals surface area contributed by atoms with Crippen LogP contribution in [0.1, 0.15) is 27.0 Å².